The molecule has 0 aliphatic carbocycles. The van der Waals surface area contributed by atoms with Crippen LogP contribution < -0.4 is 10.1 Å². The number of benzene rings is 1. The summed E-state index contributed by atoms with van der Waals surface area (Å²) in [4.78, 5) is 19.5. The smallest absolute Gasteiger partial charge is 0.417 e. The zero-order valence-corrected chi connectivity index (χ0v) is 20.2. The van der Waals surface area contributed by atoms with E-state index >= 15 is 0 Å². The Balaban J connectivity index is 1.41. The average Bonchev–Trinajstić information content (AvgIpc) is 3.45. The van der Waals surface area contributed by atoms with Crippen LogP contribution in [0.3, 0.4) is 0 Å². The van der Waals surface area contributed by atoms with E-state index in [-0.39, 0.29) is 56.0 Å². The number of amides is 1. The molecule has 0 spiro atoms. The number of hydrogen-bond donors (Lipinski definition) is 1. The van der Waals surface area contributed by atoms with Crippen LogP contribution in [0.2, 0.25) is 15.1 Å². The predicted molar refractivity (Wildman–Crippen MR) is 121 cm³/mol. The second kappa shape index (κ2) is 8.99. The van der Waals surface area contributed by atoms with Crippen LogP contribution in [0.4, 0.5) is 22.0 Å². The molecular formula is C21H11Cl3F5N5O3. The van der Waals surface area contributed by atoms with Crippen molar-refractivity contribution in [1.82, 2.24) is 24.8 Å². The predicted octanol–water partition coefficient (Wildman–Crippen LogP) is 5.93. The van der Waals surface area contributed by atoms with Crippen molar-refractivity contribution in [2.45, 2.75) is 24.6 Å². The zero-order chi connectivity index (χ0) is 26.7. The fourth-order valence-electron chi connectivity index (χ4n) is 3.59. The van der Waals surface area contributed by atoms with E-state index in [1.807, 2.05) is 0 Å². The van der Waals surface area contributed by atoms with Crippen molar-refractivity contribution in [3.63, 3.8) is 0 Å². The Kier molecular flexibility index (Phi) is 6.20. The van der Waals surface area contributed by atoms with Crippen LogP contribution in [0.1, 0.15) is 12.0 Å². The Morgan fingerprint density at radius 1 is 1.08 bits per heavy atom. The van der Waals surface area contributed by atoms with Crippen molar-refractivity contribution in [3.05, 3.63) is 51.2 Å². The third-order valence-corrected chi connectivity index (χ3v) is 6.23. The van der Waals surface area contributed by atoms with E-state index in [0.717, 1.165) is 16.7 Å². The molecule has 1 fully saturated rings. The van der Waals surface area contributed by atoms with E-state index in [0.29, 0.717) is 0 Å². The van der Waals surface area contributed by atoms with Crippen LogP contribution in [-0.4, -0.2) is 44.0 Å². The SMILES string of the molecule is O=C1NC[C@@H](Oc2cc(Cl)c(-c3noc(-c4cn5cc(C(F)(F)F)cc(Cl)c5n4)n3)cc2Cl)CC1(F)F. The van der Waals surface area contributed by atoms with Gasteiger partial charge >= 0.3 is 12.1 Å². The second-order valence-corrected chi connectivity index (χ2v) is 9.20. The van der Waals surface area contributed by atoms with Gasteiger partial charge in [-0.15, -0.1) is 0 Å². The third-order valence-electron chi connectivity index (χ3n) is 5.34. The number of hydrogen-bond acceptors (Lipinski definition) is 6. The number of aromatic nitrogens is 4. The summed E-state index contributed by atoms with van der Waals surface area (Å²) in [7, 11) is 0. The van der Waals surface area contributed by atoms with Crippen molar-refractivity contribution in [3.8, 4) is 28.7 Å². The van der Waals surface area contributed by atoms with Crippen molar-refractivity contribution in [2.75, 3.05) is 6.54 Å². The standard InChI is InChI=1S/C21H11Cl3F5N5O3/c22-11-3-15(36-9-4-20(25,26)19(35)30-5-9)12(23)2-10(11)16-32-18(37-33-16)14-7-34-6-8(21(27,28)29)1-13(24)17(34)31-14/h1-3,6-7,9H,4-5H2,(H,30,35)/t9-/m0/s1. The first-order valence-corrected chi connectivity index (χ1v) is 11.4. The van der Waals surface area contributed by atoms with Gasteiger partial charge in [0.25, 0.3) is 11.8 Å². The number of rotatable bonds is 4. The summed E-state index contributed by atoms with van der Waals surface area (Å²) in [6.07, 6.45) is -4.45. The molecule has 1 aliphatic heterocycles. The number of ether oxygens (including phenoxy) is 1. The molecule has 1 N–H and O–H groups in total. The number of carbonyl (C=O) groups excluding carboxylic acids is 1. The van der Waals surface area contributed by atoms with E-state index in [4.69, 9.17) is 44.1 Å². The van der Waals surface area contributed by atoms with Crippen LogP contribution in [0, 0.1) is 0 Å². The second-order valence-electron chi connectivity index (χ2n) is 7.98. The number of pyridine rings is 1. The van der Waals surface area contributed by atoms with Gasteiger partial charge < -0.3 is 19.0 Å². The van der Waals surface area contributed by atoms with Gasteiger partial charge in [-0.05, 0) is 12.1 Å². The lowest BCUT2D eigenvalue weighted by Crippen LogP contribution is -2.53. The Bertz CT molecular complexity index is 1540. The molecule has 1 saturated heterocycles. The molecule has 37 heavy (non-hydrogen) atoms. The number of carbonyl (C=O) groups is 1. The summed E-state index contributed by atoms with van der Waals surface area (Å²) in [6.45, 7) is -0.147. The number of alkyl halides is 5. The lowest BCUT2D eigenvalue weighted by molar-refractivity contribution is -0.154. The molecule has 5 rings (SSSR count). The largest absolute Gasteiger partial charge is 0.487 e. The monoisotopic (exact) mass is 581 g/mol. The fourth-order valence-corrected chi connectivity index (χ4v) is 4.30. The molecule has 0 radical (unpaired) electrons. The molecule has 0 unspecified atom stereocenters. The molecular weight excluding hydrogens is 572 g/mol. The van der Waals surface area contributed by atoms with E-state index in [2.05, 4.69) is 20.4 Å². The molecule has 3 aromatic heterocycles. The van der Waals surface area contributed by atoms with E-state index in [9.17, 15) is 26.7 Å². The summed E-state index contributed by atoms with van der Waals surface area (Å²) in [5, 5.41) is 5.66. The van der Waals surface area contributed by atoms with Crippen molar-refractivity contribution in [1.29, 1.82) is 0 Å². The molecule has 1 atom stereocenters. The number of piperidine rings is 1. The molecule has 0 saturated carbocycles. The first kappa shape index (κ1) is 25.5. The highest BCUT2D eigenvalue weighted by molar-refractivity contribution is 6.36. The quantitative estimate of drug-likeness (QED) is 0.300. The minimum absolute atomic E-state index is 0.00783. The Morgan fingerprint density at radius 2 is 1.84 bits per heavy atom. The summed E-state index contributed by atoms with van der Waals surface area (Å²) in [6, 6.07) is 3.34. The van der Waals surface area contributed by atoms with Crippen LogP contribution in [0.5, 0.6) is 5.75 Å². The highest BCUT2D eigenvalue weighted by Gasteiger charge is 2.45. The maximum absolute atomic E-state index is 13.7. The normalized spacial score (nSPS) is 17.7. The molecule has 4 heterocycles. The Morgan fingerprint density at radius 3 is 2.54 bits per heavy atom. The highest BCUT2D eigenvalue weighted by Crippen LogP contribution is 2.38. The molecule has 16 heteroatoms. The van der Waals surface area contributed by atoms with Gasteiger partial charge in [-0.2, -0.15) is 26.9 Å². The topological polar surface area (TPSA) is 94.5 Å². The molecule has 1 aromatic carbocycles. The molecule has 1 aliphatic rings. The Labute approximate surface area is 218 Å². The zero-order valence-electron chi connectivity index (χ0n) is 17.9. The number of halogens is 8. The molecule has 0 bridgehead atoms. The van der Waals surface area contributed by atoms with Gasteiger partial charge in [0.1, 0.15) is 17.5 Å². The highest BCUT2D eigenvalue weighted by atomic mass is 35.5. The van der Waals surface area contributed by atoms with Gasteiger partial charge in [-0.25, -0.2) is 4.98 Å². The van der Waals surface area contributed by atoms with Crippen molar-refractivity contribution in [2.24, 2.45) is 0 Å². The first-order valence-electron chi connectivity index (χ1n) is 10.2. The summed E-state index contributed by atoms with van der Waals surface area (Å²) in [5.41, 5.74) is -0.695. The first-order chi connectivity index (χ1) is 17.3. The van der Waals surface area contributed by atoms with Gasteiger partial charge in [0.05, 0.1) is 33.6 Å². The maximum atomic E-state index is 13.7. The Hall–Kier alpha value is -3.16. The van der Waals surface area contributed by atoms with Gasteiger partial charge in [0.2, 0.25) is 5.82 Å². The minimum Gasteiger partial charge on any atom is -0.487 e. The van der Waals surface area contributed by atoms with Crippen molar-refractivity contribution < 1.29 is 36.0 Å². The third kappa shape index (κ3) is 4.90. The van der Waals surface area contributed by atoms with Gasteiger partial charge in [-0.1, -0.05) is 40.0 Å². The van der Waals surface area contributed by atoms with Gasteiger partial charge in [-0.3, -0.25) is 4.79 Å². The molecule has 4 aromatic rings. The van der Waals surface area contributed by atoms with Crippen LogP contribution in [-0.2, 0) is 11.0 Å². The van der Waals surface area contributed by atoms with E-state index < -0.39 is 36.1 Å². The lowest BCUT2D eigenvalue weighted by atomic mass is 10.1. The van der Waals surface area contributed by atoms with Crippen LogP contribution in [0.25, 0.3) is 28.6 Å². The summed E-state index contributed by atoms with van der Waals surface area (Å²) < 4.78 is 78.4. The number of nitrogens with one attached hydrogen (secondary N) is 1. The van der Waals surface area contributed by atoms with E-state index in [1.54, 1.807) is 0 Å². The molecule has 8 nitrogen and oxygen atoms in total. The molecule has 194 valence electrons. The average molecular weight is 583 g/mol. The lowest BCUT2D eigenvalue weighted by Gasteiger charge is -2.29. The van der Waals surface area contributed by atoms with Gasteiger partial charge in [0, 0.05) is 24.0 Å². The number of imidazole rings is 1. The van der Waals surface area contributed by atoms with Crippen LogP contribution >= 0.6 is 34.8 Å². The minimum atomic E-state index is -4.61. The molecule has 1 amide bonds. The fraction of sp³-hybridized carbons (Fsp3) is 0.238. The summed E-state index contributed by atoms with van der Waals surface area (Å²) in [5.74, 6) is -5.16. The number of fused-ring (bicyclic) bond motifs is 1. The van der Waals surface area contributed by atoms with Crippen LogP contribution in [0.15, 0.2) is 35.1 Å². The maximum Gasteiger partial charge on any atom is 0.417 e. The van der Waals surface area contributed by atoms with E-state index in [1.165, 1.54) is 18.3 Å². The van der Waals surface area contributed by atoms with Gasteiger partial charge in [0.15, 0.2) is 5.65 Å². The number of nitrogens with zero attached hydrogens (tertiary/aromatic N) is 4. The van der Waals surface area contributed by atoms with Crippen molar-refractivity contribution >= 4 is 46.4 Å². The summed E-state index contributed by atoms with van der Waals surface area (Å²) >= 11 is 18.5.